The predicted molar refractivity (Wildman–Crippen MR) is 67.4 cm³/mol. The largest absolute Gasteiger partial charge is 0.496 e. The van der Waals surface area contributed by atoms with Crippen LogP contribution in [0.3, 0.4) is 0 Å². The second kappa shape index (κ2) is 4.64. The molecule has 0 heterocycles. The molecule has 3 heteroatoms. The topological polar surface area (TPSA) is 12.5 Å². The van der Waals surface area contributed by atoms with Gasteiger partial charge in [-0.15, -0.1) is 0 Å². The van der Waals surface area contributed by atoms with E-state index in [1.165, 1.54) is 24.0 Å². The molecule has 0 unspecified atom stereocenters. The molecule has 1 aromatic carbocycles. The highest BCUT2D eigenvalue weighted by Crippen LogP contribution is 2.41. The number of nitrogens with zero attached hydrogens (tertiary/aromatic N) is 1. The van der Waals surface area contributed by atoms with E-state index in [-0.39, 0.29) is 0 Å². The Bertz CT molecular complexity index is 390. The van der Waals surface area contributed by atoms with Crippen molar-refractivity contribution < 1.29 is 4.74 Å². The Kier molecular flexibility index (Phi) is 3.41. The highest BCUT2D eigenvalue weighted by Gasteiger charge is 2.26. The van der Waals surface area contributed by atoms with Gasteiger partial charge < -0.3 is 9.64 Å². The summed E-state index contributed by atoms with van der Waals surface area (Å²) in [7, 11) is 5.94. The predicted octanol–water partition coefficient (Wildman–Crippen LogP) is 3.29. The zero-order chi connectivity index (χ0) is 11.7. The zero-order valence-corrected chi connectivity index (χ0v) is 10.8. The Morgan fingerprint density at radius 3 is 2.75 bits per heavy atom. The third-order valence-electron chi connectivity index (χ3n) is 3.34. The van der Waals surface area contributed by atoms with Gasteiger partial charge in [-0.3, -0.25) is 0 Å². The van der Waals surface area contributed by atoms with Crippen LogP contribution in [0.25, 0.3) is 0 Å². The molecule has 1 aromatic rings. The Morgan fingerprint density at radius 1 is 1.38 bits per heavy atom. The van der Waals surface area contributed by atoms with Crippen molar-refractivity contribution in [1.82, 2.24) is 4.90 Å². The van der Waals surface area contributed by atoms with Gasteiger partial charge in [0.2, 0.25) is 0 Å². The van der Waals surface area contributed by atoms with Crippen molar-refractivity contribution in [2.24, 2.45) is 0 Å². The molecule has 1 atom stereocenters. The number of rotatable bonds is 2. The van der Waals surface area contributed by atoms with Crippen LogP contribution in [0.4, 0.5) is 0 Å². The summed E-state index contributed by atoms with van der Waals surface area (Å²) in [5, 5.41) is 0.870. The van der Waals surface area contributed by atoms with Crippen molar-refractivity contribution in [2.45, 2.75) is 25.3 Å². The lowest BCUT2D eigenvalue weighted by Gasteiger charge is -2.32. The van der Waals surface area contributed by atoms with Gasteiger partial charge in [-0.25, -0.2) is 0 Å². The zero-order valence-electron chi connectivity index (χ0n) is 10.1. The van der Waals surface area contributed by atoms with E-state index in [0.29, 0.717) is 6.04 Å². The number of hydrogen-bond donors (Lipinski definition) is 0. The Morgan fingerprint density at radius 2 is 2.12 bits per heavy atom. The van der Waals surface area contributed by atoms with Crippen LogP contribution >= 0.6 is 11.6 Å². The van der Waals surface area contributed by atoms with Crippen LogP contribution in [0.15, 0.2) is 12.1 Å². The van der Waals surface area contributed by atoms with E-state index >= 15 is 0 Å². The minimum absolute atomic E-state index is 0.423. The molecule has 0 aliphatic heterocycles. The molecule has 1 aliphatic rings. The SMILES string of the molecule is COc1ccc(Cl)c2c1CCC[C@H]2N(C)C. The van der Waals surface area contributed by atoms with Gasteiger partial charge in [-0.1, -0.05) is 11.6 Å². The minimum Gasteiger partial charge on any atom is -0.496 e. The Balaban J connectivity index is 2.54. The summed E-state index contributed by atoms with van der Waals surface area (Å²) < 4.78 is 5.42. The first-order chi connectivity index (χ1) is 7.65. The van der Waals surface area contributed by atoms with Crippen molar-refractivity contribution in [1.29, 1.82) is 0 Å². The molecule has 1 aliphatic carbocycles. The van der Waals surface area contributed by atoms with Gasteiger partial charge >= 0.3 is 0 Å². The smallest absolute Gasteiger partial charge is 0.122 e. The molecular weight excluding hydrogens is 222 g/mol. The lowest BCUT2D eigenvalue weighted by Crippen LogP contribution is -2.24. The van der Waals surface area contributed by atoms with E-state index in [0.717, 1.165) is 17.2 Å². The molecule has 0 aromatic heterocycles. The number of methoxy groups -OCH3 is 1. The van der Waals surface area contributed by atoms with Crippen molar-refractivity contribution in [3.05, 3.63) is 28.3 Å². The molecule has 0 spiro atoms. The van der Waals surface area contributed by atoms with Gasteiger partial charge in [-0.2, -0.15) is 0 Å². The second-order valence-corrected chi connectivity index (χ2v) is 4.92. The molecule has 0 fully saturated rings. The van der Waals surface area contributed by atoms with E-state index in [9.17, 15) is 0 Å². The maximum Gasteiger partial charge on any atom is 0.122 e. The fourth-order valence-electron chi connectivity index (χ4n) is 2.56. The summed E-state index contributed by atoms with van der Waals surface area (Å²) >= 11 is 6.33. The van der Waals surface area contributed by atoms with Crippen molar-refractivity contribution in [3.8, 4) is 5.75 Å². The number of fused-ring (bicyclic) bond motifs is 1. The van der Waals surface area contributed by atoms with Crippen LogP contribution in [-0.2, 0) is 6.42 Å². The van der Waals surface area contributed by atoms with Crippen molar-refractivity contribution in [2.75, 3.05) is 21.2 Å². The van der Waals surface area contributed by atoms with Gasteiger partial charge in [0.1, 0.15) is 5.75 Å². The summed E-state index contributed by atoms with van der Waals surface area (Å²) in [6.07, 6.45) is 3.45. The molecular formula is C13H18ClNO. The van der Waals surface area contributed by atoms with Crippen LogP contribution in [0.5, 0.6) is 5.75 Å². The molecule has 0 radical (unpaired) electrons. The normalized spacial score (nSPS) is 19.7. The molecule has 0 amide bonds. The van der Waals surface area contributed by atoms with Crippen LogP contribution in [0, 0.1) is 0 Å². The molecule has 88 valence electrons. The monoisotopic (exact) mass is 239 g/mol. The van der Waals surface area contributed by atoms with Crippen LogP contribution < -0.4 is 4.74 Å². The first-order valence-electron chi connectivity index (χ1n) is 5.67. The molecule has 2 nitrogen and oxygen atoms in total. The Labute approximate surface area is 102 Å². The lowest BCUT2D eigenvalue weighted by molar-refractivity contribution is 0.266. The van der Waals surface area contributed by atoms with Gasteiger partial charge in [-0.05, 0) is 51.1 Å². The van der Waals surface area contributed by atoms with Gasteiger partial charge in [0.15, 0.2) is 0 Å². The number of halogens is 1. The summed E-state index contributed by atoms with van der Waals surface area (Å²) in [6, 6.07) is 4.34. The number of hydrogen-bond acceptors (Lipinski definition) is 2. The summed E-state index contributed by atoms with van der Waals surface area (Å²) in [4.78, 5) is 2.24. The average Bonchev–Trinajstić information content (AvgIpc) is 2.29. The first-order valence-corrected chi connectivity index (χ1v) is 6.04. The average molecular weight is 240 g/mol. The summed E-state index contributed by atoms with van der Waals surface area (Å²) in [6.45, 7) is 0. The highest BCUT2D eigenvalue weighted by molar-refractivity contribution is 6.31. The maximum atomic E-state index is 6.33. The Hall–Kier alpha value is -0.730. The van der Waals surface area contributed by atoms with E-state index in [1.807, 2.05) is 12.1 Å². The van der Waals surface area contributed by atoms with Crippen molar-refractivity contribution >= 4 is 11.6 Å². The number of ether oxygens (including phenoxy) is 1. The maximum absolute atomic E-state index is 6.33. The third-order valence-corrected chi connectivity index (χ3v) is 3.67. The standard InChI is InChI=1S/C13H18ClNO/c1-15(2)11-6-4-5-9-12(16-3)8-7-10(14)13(9)11/h7-8,11H,4-6H2,1-3H3/t11-/m1/s1. The van der Waals surface area contributed by atoms with E-state index in [1.54, 1.807) is 7.11 Å². The summed E-state index contributed by atoms with van der Waals surface area (Å²) in [5.74, 6) is 0.978. The van der Waals surface area contributed by atoms with E-state index < -0.39 is 0 Å². The van der Waals surface area contributed by atoms with Gasteiger partial charge in [0.05, 0.1) is 7.11 Å². The highest BCUT2D eigenvalue weighted by atomic mass is 35.5. The summed E-state index contributed by atoms with van der Waals surface area (Å²) in [5.41, 5.74) is 2.55. The van der Waals surface area contributed by atoms with Crippen LogP contribution in [0.1, 0.15) is 30.0 Å². The quantitative estimate of drug-likeness (QED) is 0.785. The van der Waals surface area contributed by atoms with Crippen LogP contribution in [0.2, 0.25) is 5.02 Å². The van der Waals surface area contributed by atoms with Gasteiger partial charge in [0.25, 0.3) is 0 Å². The second-order valence-electron chi connectivity index (χ2n) is 4.51. The van der Waals surface area contributed by atoms with E-state index in [2.05, 4.69) is 19.0 Å². The molecule has 16 heavy (non-hydrogen) atoms. The fourth-order valence-corrected chi connectivity index (χ4v) is 2.86. The van der Waals surface area contributed by atoms with Gasteiger partial charge in [0, 0.05) is 16.6 Å². The minimum atomic E-state index is 0.423. The van der Waals surface area contributed by atoms with Crippen LogP contribution in [-0.4, -0.2) is 26.1 Å². The molecule has 0 N–H and O–H groups in total. The van der Waals surface area contributed by atoms with Crippen molar-refractivity contribution in [3.63, 3.8) is 0 Å². The molecule has 0 saturated heterocycles. The molecule has 0 saturated carbocycles. The lowest BCUT2D eigenvalue weighted by atomic mass is 9.86. The first kappa shape index (κ1) is 11.7. The third kappa shape index (κ3) is 1.92. The number of benzene rings is 1. The molecule has 0 bridgehead atoms. The molecule has 2 rings (SSSR count). The fraction of sp³-hybridized carbons (Fsp3) is 0.538. The van der Waals surface area contributed by atoms with E-state index in [4.69, 9.17) is 16.3 Å².